The summed E-state index contributed by atoms with van der Waals surface area (Å²) >= 11 is 0. The summed E-state index contributed by atoms with van der Waals surface area (Å²) in [7, 11) is 0. The highest BCUT2D eigenvalue weighted by atomic mass is 19.1. The van der Waals surface area contributed by atoms with E-state index in [0.29, 0.717) is 35.4 Å². The van der Waals surface area contributed by atoms with Crippen LogP contribution in [0.3, 0.4) is 0 Å². The molecule has 10 heteroatoms. The number of nitrogens with zero attached hydrogens (tertiary/aromatic N) is 6. The molecular formula is C26H21F2N7O. The Morgan fingerprint density at radius 1 is 1.03 bits per heavy atom. The van der Waals surface area contributed by atoms with Crippen molar-refractivity contribution in [2.75, 3.05) is 16.8 Å². The molecule has 0 saturated carbocycles. The average molecular weight is 485 g/mol. The second kappa shape index (κ2) is 8.88. The first-order valence-electron chi connectivity index (χ1n) is 11.5. The van der Waals surface area contributed by atoms with Gasteiger partial charge in [-0.05, 0) is 55.3 Å². The first-order valence-corrected chi connectivity index (χ1v) is 11.5. The van der Waals surface area contributed by atoms with Crippen LogP contribution in [0.15, 0.2) is 79.8 Å². The summed E-state index contributed by atoms with van der Waals surface area (Å²) in [5, 5.41) is 7.11. The number of hydrogen-bond acceptors (Lipinski definition) is 5. The normalized spacial score (nSPS) is 15.5. The van der Waals surface area contributed by atoms with Crippen LogP contribution in [0, 0.1) is 11.6 Å². The highest BCUT2D eigenvalue weighted by Crippen LogP contribution is 2.38. The molecule has 36 heavy (non-hydrogen) atoms. The molecule has 1 N–H and O–H groups in total. The molecule has 6 rings (SSSR count). The van der Waals surface area contributed by atoms with E-state index in [4.69, 9.17) is 0 Å². The molecule has 1 aliphatic rings. The number of fused-ring (bicyclic) bond motifs is 1. The number of benzene rings is 1. The molecule has 0 aliphatic carbocycles. The Kier molecular flexibility index (Phi) is 5.40. The van der Waals surface area contributed by atoms with Gasteiger partial charge in [-0.2, -0.15) is 5.10 Å². The topological polar surface area (TPSA) is 80.3 Å². The molecule has 1 atom stereocenters. The lowest BCUT2D eigenvalue weighted by Gasteiger charge is -2.27. The molecule has 1 saturated heterocycles. The molecule has 1 unspecified atom stereocenters. The van der Waals surface area contributed by atoms with Gasteiger partial charge in [-0.3, -0.25) is 4.79 Å². The van der Waals surface area contributed by atoms with E-state index in [0.717, 1.165) is 23.9 Å². The van der Waals surface area contributed by atoms with Crippen LogP contribution < -0.4 is 10.2 Å². The summed E-state index contributed by atoms with van der Waals surface area (Å²) in [6.07, 6.45) is 11.6. The summed E-state index contributed by atoms with van der Waals surface area (Å²) < 4.78 is 31.8. The molecule has 8 nitrogen and oxygen atoms in total. The van der Waals surface area contributed by atoms with Gasteiger partial charge in [-0.1, -0.05) is 0 Å². The number of rotatable bonds is 5. The summed E-state index contributed by atoms with van der Waals surface area (Å²) in [6, 6.07) is 10.5. The Bertz CT molecular complexity index is 1550. The van der Waals surface area contributed by atoms with Crippen molar-refractivity contribution in [3.05, 3.63) is 103 Å². The minimum Gasteiger partial charge on any atom is -0.364 e. The number of imidazole rings is 1. The largest absolute Gasteiger partial charge is 0.364 e. The number of carbonyl (C=O) groups is 1. The molecule has 1 fully saturated rings. The number of aromatic nitrogens is 5. The molecule has 0 bridgehead atoms. The lowest BCUT2D eigenvalue weighted by atomic mass is 10.0. The fourth-order valence-corrected chi connectivity index (χ4v) is 4.70. The number of amides is 1. The molecule has 4 aromatic heterocycles. The third-order valence-corrected chi connectivity index (χ3v) is 6.44. The third-order valence-electron chi connectivity index (χ3n) is 6.44. The van der Waals surface area contributed by atoms with Crippen molar-refractivity contribution in [1.82, 2.24) is 24.1 Å². The Morgan fingerprint density at radius 2 is 1.94 bits per heavy atom. The van der Waals surface area contributed by atoms with Crippen LogP contribution in [0.4, 0.5) is 20.3 Å². The third kappa shape index (κ3) is 3.96. The molecule has 180 valence electrons. The predicted octanol–water partition coefficient (Wildman–Crippen LogP) is 4.79. The van der Waals surface area contributed by atoms with E-state index >= 15 is 0 Å². The van der Waals surface area contributed by atoms with Crippen molar-refractivity contribution in [2.45, 2.75) is 18.9 Å². The van der Waals surface area contributed by atoms with E-state index in [1.807, 2.05) is 27.7 Å². The zero-order chi connectivity index (χ0) is 24.6. The van der Waals surface area contributed by atoms with Gasteiger partial charge < -0.3 is 14.8 Å². The van der Waals surface area contributed by atoms with Gasteiger partial charge in [0.1, 0.15) is 17.5 Å². The van der Waals surface area contributed by atoms with Crippen LogP contribution in [0.5, 0.6) is 0 Å². The summed E-state index contributed by atoms with van der Waals surface area (Å²) in [6.45, 7) is 0.694. The second-order valence-corrected chi connectivity index (χ2v) is 8.62. The fourth-order valence-electron chi connectivity index (χ4n) is 4.70. The predicted molar refractivity (Wildman–Crippen MR) is 130 cm³/mol. The highest BCUT2D eigenvalue weighted by Gasteiger charge is 2.29. The Labute approximate surface area is 204 Å². The van der Waals surface area contributed by atoms with Crippen molar-refractivity contribution < 1.29 is 13.6 Å². The van der Waals surface area contributed by atoms with E-state index in [1.165, 1.54) is 18.3 Å². The van der Waals surface area contributed by atoms with E-state index in [9.17, 15) is 13.6 Å². The number of carbonyl (C=O) groups excluding carboxylic acids is 1. The summed E-state index contributed by atoms with van der Waals surface area (Å²) in [5.41, 5.74) is 2.95. The number of halogens is 2. The number of hydrogen-bond donors (Lipinski definition) is 1. The fraction of sp³-hybridized carbons (Fsp3) is 0.154. The highest BCUT2D eigenvalue weighted by molar-refractivity contribution is 6.08. The van der Waals surface area contributed by atoms with Crippen molar-refractivity contribution >= 4 is 22.9 Å². The van der Waals surface area contributed by atoms with Gasteiger partial charge in [-0.25, -0.2) is 23.3 Å². The van der Waals surface area contributed by atoms with Crippen molar-refractivity contribution in [2.24, 2.45) is 0 Å². The van der Waals surface area contributed by atoms with Crippen molar-refractivity contribution in [1.29, 1.82) is 0 Å². The van der Waals surface area contributed by atoms with Crippen LogP contribution >= 0.6 is 0 Å². The molecule has 1 aromatic carbocycles. The van der Waals surface area contributed by atoms with Crippen LogP contribution in [0.2, 0.25) is 0 Å². The zero-order valence-electron chi connectivity index (χ0n) is 19.1. The standard InChI is InChI=1S/C26H21F2N7O/c27-17-3-5-22(28)20(12-17)23-2-1-9-34(23)18-7-10-35-24(13-18)21(15-31-35)26(36)32-25-6-4-19(14-30-25)33-11-8-29-16-33/h3-8,10-16,23H,1-2,9H2,(H,30,32,36). The van der Waals surface area contributed by atoms with Crippen molar-refractivity contribution in [3.8, 4) is 5.69 Å². The van der Waals surface area contributed by atoms with E-state index in [2.05, 4.69) is 20.4 Å². The molecule has 0 radical (unpaired) electrons. The quantitative estimate of drug-likeness (QED) is 0.387. The Balaban J connectivity index is 1.27. The number of pyridine rings is 2. The van der Waals surface area contributed by atoms with Crippen LogP contribution in [-0.2, 0) is 0 Å². The maximum atomic E-state index is 14.5. The minimum absolute atomic E-state index is 0.290. The first-order chi connectivity index (χ1) is 17.6. The van der Waals surface area contributed by atoms with E-state index in [1.54, 1.807) is 41.7 Å². The number of anilines is 2. The zero-order valence-corrected chi connectivity index (χ0v) is 19.1. The lowest BCUT2D eigenvalue weighted by molar-refractivity contribution is 0.102. The van der Waals surface area contributed by atoms with Gasteiger partial charge in [0.15, 0.2) is 0 Å². The molecule has 5 heterocycles. The molecule has 1 amide bonds. The van der Waals surface area contributed by atoms with Crippen LogP contribution in [0.1, 0.15) is 34.8 Å². The van der Waals surface area contributed by atoms with Crippen LogP contribution in [0.25, 0.3) is 11.2 Å². The molecule has 0 spiro atoms. The van der Waals surface area contributed by atoms with Gasteiger partial charge in [-0.15, -0.1) is 0 Å². The number of nitrogens with one attached hydrogen (secondary N) is 1. The van der Waals surface area contributed by atoms with Crippen LogP contribution in [-0.4, -0.2) is 36.6 Å². The first kappa shape index (κ1) is 21.9. The smallest absolute Gasteiger partial charge is 0.260 e. The maximum absolute atomic E-state index is 14.5. The van der Waals surface area contributed by atoms with Gasteiger partial charge in [0.25, 0.3) is 5.91 Å². The van der Waals surface area contributed by atoms with Crippen molar-refractivity contribution in [3.63, 3.8) is 0 Å². The summed E-state index contributed by atoms with van der Waals surface area (Å²) in [4.78, 5) is 23.5. The lowest BCUT2D eigenvalue weighted by Crippen LogP contribution is -2.23. The Hall–Kier alpha value is -4.60. The second-order valence-electron chi connectivity index (χ2n) is 8.62. The minimum atomic E-state index is -0.463. The maximum Gasteiger partial charge on any atom is 0.260 e. The summed E-state index contributed by atoms with van der Waals surface area (Å²) in [5.74, 6) is -0.833. The molecule has 5 aromatic rings. The monoisotopic (exact) mass is 485 g/mol. The van der Waals surface area contributed by atoms with E-state index < -0.39 is 11.6 Å². The van der Waals surface area contributed by atoms with Gasteiger partial charge >= 0.3 is 0 Å². The van der Waals surface area contributed by atoms with Gasteiger partial charge in [0.2, 0.25) is 0 Å². The van der Waals surface area contributed by atoms with Gasteiger partial charge in [0, 0.05) is 36.4 Å². The average Bonchev–Trinajstić information content (AvgIpc) is 3.66. The SMILES string of the molecule is O=C(Nc1ccc(-n2ccnc2)cn1)c1cnn2ccc(N3CCCC3c3cc(F)ccc3F)cc12. The molecular weight excluding hydrogens is 464 g/mol. The van der Waals surface area contributed by atoms with Gasteiger partial charge in [0.05, 0.1) is 41.5 Å². The Morgan fingerprint density at radius 3 is 2.75 bits per heavy atom. The molecule has 1 aliphatic heterocycles. The van der Waals surface area contributed by atoms with E-state index in [-0.39, 0.29) is 11.9 Å².